The second kappa shape index (κ2) is 11.9. The first-order chi connectivity index (χ1) is 16.9. The van der Waals surface area contributed by atoms with Crippen LogP contribution in [-0.4, -0.2) is 70.6 Å². The Morgan fingerprint density at radius 3 is 2.09 bits per heavy atom. The van der Waals surface area contributed by atoms with Crippen LogP contribution in [-0.2, 0) is 4.79 Å². The molecule has 10 heteroatoms. The number of hydrogen-bond donors (Lipinski definition) is 1. The van der Waals surface area contributed by atoms with Gasteiger partial charge in [0.1, 0.15) is 11.4 Å². The Morgan fingerprint density at radius 2 is 1.54 bits per heavy atom. The fourth-order valence-electron chi connectivity index (χ4n) is 3.94. The lowest BCUT2D eigenvalue weighted by molar-refractivity contribution is -0.124. The first kappa shape index (κ1) is 26.3. The summed E-state index contributed by atoms with van der Waals surface area (Å²) in [6.07, 6.45) is 0.797. The third kappa shape index (κ3) is 5.37. The average Bonchev–Trinajstić information content (AvgIpc) is 3.35. The number of nitrogens with zero attached hydrogens (tertiary/aromatic N) is 1. The number of methoxy groups -OCH3 is 5. The first-order valence-electron chi connectivity index (χ1n) is 11.2. The Hall–Kier alpha value is -3.27. The number of thioether (sulfide) groups is 1. The summed E-state index contributed by atoms with van der Waals surface area (Å²) < 4.78 is 27.1. The zero-order valence-electron chi connectivity index (χ0n) is 20.9. The molecule has 2 atom stereocenters. The summed E-state index contributed by atoms with van der Waals surface area (Å²) in [5.74, 6) is 2.16. The number of ether oxygens (including phenoxy) is 5. The molecule has 3 rings (SSSR count). The van der Waals surface area contributed by atoms with Crippen LogP contribution in [0.3, 0.4) is 0 Å². The fraction of sp³-hybridized carbons (Fsp3) is 0.440. The van der Waals surface area contributed by atoms with Crippen LogP contribution in [0.25, 0.3) is 0 Å². The first-order valence-corrected chi connectivity index (χ1v) is 12.2. The zero-order valence-corrected chi connectivity index (χ0v) is 21.7. The van der Waals surface area contributed by atoms with Gasteiger partial charge in [0.15, 0.2) is 23.0 Å². The summed E-state index contributed by atoms with van der Waals surface area (Å²) in [5, 5.41) is 2.51. The molecule has 2 amide bonds. The van der Waals surface area contributed by atoms with E-state index in [0.29, 0.717) is 46.6 Å². The molecule has 2 aromatic rings. The van der Waals surface area contributed by atoms with Crippen LogP contribution in [0, 0.1) is 0 Å². The molecule has 1 saturated heterocycles. The molecule has 0 bridgehead atoms. The Bertz CT molecular complexity index is 1040. The van der Waals surface area contributed by atoms with Gasteiger partial charge in [-0.25, -0.2) is 0 Å². The topological polar surface area (TPSA) is 95.6 Å². The summed E-state index contributed by atoms with van der Waals surface area (Å²) in [4.78, 5) is 28.6. The maximum Gasteiger partial charge on any atom is 0.256 e. The van der Waals surface area contributed by atoms with Gasteiger partial charge in [-0.3, -0.25) is 9.59 Å². The summed E-state index contributed by atoms with van der Waals surface area (Å²) in [5.41, 5.74) is 1.14. The van der Waals surface area contributed by atoms with Crippen molar-refractivity contribution >= 4 is 23.6 Å². The van der Waals surface area contributed by atoms with E-state index in [-0.39, 0.29) is 11.8 Å². The molecule has 0 saturated carbocycles. The molecular formula is C25H32N2O7S. The van der Waals surface area contributed by atoms with Crippen LogP contribution in [0.1, 0.15) is 34.6 Å². The van der Waals surface area contributed by atoms with Crippen LogP contribution in [0.15, 0.2) is 30.3 Å². The molecule has 35 heavy (non-hydrogen) atoms. The summed E-state index contributed by atoms with van der Waals surface area (Å²) in [6.45, 7) is 2.52. The Balaban J connectivity index is 2.07. The van der Waals surface area contributed by atoms with Gasteiger partial charge in [0.05, 0.1) is 35.5 Å². The van der Waals surface area contributed by atoms with E-state index in [1.54, 1.807) is 37.3 Å². The van der Waals surface area contributed by atoms with Crippen LogP contribution < -0.4 is 29.0 Å². The van der Waals surface area contributed by atoms with Crippen molar-refractivity contribution in [1.82, 2.24) is 10.2 Å². The van der Waals surface area contributed by atoms with Crippen molar-refractivity contribution in [1.29, 1.82) is 0 Å². The average molecular weight is 505 g/mol. The Kier molecular flexibility index (Phi) is 8.97. The van der Waals surface area contributed by atoms with Gasteiger partial charge in [-0.2, -0.15) is 0 Å². The van der Waals surface area contributed by atoms with Crippen LogP contribution in [0.5, 0.6) is 28.7 Å². The third-order valence-corrected chi connectivity index (χ3v) is 7.01. The van der Waals surface area contributed by atoms with Gasteiger partial charge in [-0.05, 0) is 36.2 Å². The highest BCUT2D eigenvalue weighted by Gasteiger charge is 2.43. The second-order valence-corrected chi connectivity index (χ2v) is 8.85. The zero-order chi connectivity index (χ0) is 25.5. The SMILES string of the molecule is CCCNC(=O)C1CSC(c2ccc(OC)c(OC)c2)N1C(=O)c1cc(OC)c(OC)c(OC)c1. The maximum absolute atomic E-state index is 14.0. The van der Waals surface area contributed by atoms with Crippen LogP contribution in [0.2, 0.25) is 0 Å². The molecule has 1 N–H and O–H groups in total. The standard InChI is InChI=1S/C25H32N2O7S/c1-7-10-26-23(28)17-14-35-25(15-8-9-18(30-2)19(11-15)31-3)27(17)24(29)16-12-20(32-4)22(34-6)21(13-16)33-5/h8-9,11-13,17,25H,7,10,14H2,1-6H3,(H,26,28). The number of hydrogen-bond acceptors (Lipinski definition) is 8. The van der Waals surface area contributed by atoms with Gasteiger partial charge in [0, 0.05) is 17.9 Å². The molecule has 1 heterocycles. The number of carbonyl (C=O) groups excluding carboxylic acids is 2. The lowest BCUT2D eigenvalue weighted by Crippen LogP contribution is -2.48. The highest BCUT2D eigenvalue weighted by atomic mass is 32.2. The lowest BCUT2D eigenvalue weighted by Gasteiger charge is -2.30. The van der Waals surface area contributed by atoms with Crippen LogP contribution in [0.4, 0.5) is 0 Å². The van der Waals surface area contributed by atoms with E-state index in [1.165, 1.54) is 33.1 Å². The number of rotatable bonds is 10. The van der Waals surface area contributed by atoms with Crippen LogP contribution >= 0.6 is 11.8 Å². The molecular weight excluding hydrogens is 472 g/mol. The summed E-state index contributed by atoms with van der Waals surface area (Å²) in [6, 6.07) is 8.04. The number of carbonyl (C=O) groups is 2. The van der Waals surface area contributed by atoms with E-state index >= 15 is 0 Å². The molecule has 0 aromatic heterocycles. The highest BCUT2D eigenvalue weighted by molar-refractivity contribution is 7.99. The molecule has 9 nitrogen and oxygen atoms in total. The Labute approximate surface area is 210 Å². The summed E-state index contributed by atoms with van der Waals surface area (Å²) in [7, 11) is 7.61. The van der Waals surface area contributed by atoms with Gasteiger partial charge >= 0.3 is 0 Å². The predicted octanol–water partition coefficient (Wildman–Crippen LogP) is 3.51. The molecule has 1 aliphatic heterocycles. The van der Waals surface area contributed by atoms with Crippen molar-refractivity contribution in [2.24, 2.45) is 0 Å². The minimum absolute atomic E-state index is 0.192. The van der Waals surface area contributed by atoms with E-state index in [9.17, 15) is 9.59 Å². The molecule has 0 spiro atoms. The number of benzene rings is 2. The minimum Gasteiger partial charge on any atom is -0.493 e. The Morgan fingerprint density at radius 1 is 0.914 bits per heavy atom. The number of amides is 2. The van der Waals surface area contributed by atoms with Gasteiger partial charge < -0.3 is 33.9 Å². The predicted molar refractivity (Wildman–Crippen MR) is 134 cm³/mol. The summed E-state index contributed by atoms with van der Waals surface area (Å²) >= 11 is 1.52. The minimum atomic E-state index is -0.656. The van der Waals surface area contributed by atoms with Crippen molar-refractivity contribution in [3.63, 3.8) is 0 Å². The van der Waals surface area contributed by atoms with E-state index < -0.39 is 11.4 Å². The number of nitrogens with one attached hydrogen (secondary N) is 1. The highest BCUT2D eigenvalue weighted by Crippen LogP contribution is 2.45. The van der Waals surface area contributed by atoms with E-state index in [4.69, 9.17) is 23.7 Å². The lowest BCUT2D eigenvalue weighted by atomic mass is 10.1. The largest absolute Gasteiger partial charge is 0.493 e. The van der Waals surface area contributed by atoms with E-state index in [2.05, 4.69) is 5.32 Å². The normalized spacial score (nSPS) is 17.0. The van der Waals surface area contributed by atoms with E-state index in [1.807, 2.05) is 19.1 Å². The van der Waals surface area contributed by atoms with Crippen molar-refractivity contribution in [2.75, 3.05) is 47.8 Å². The smallest absolute Gasteiger partial charge is 0.256 e. The molecule has 0 radical (unpaired) electrons. The quantitative estimate of drug-likeness (QED) is 0.525. The van der Waals surface area contributed by atoms with Gasteiger partial charge in [0.25, 0.3) is 5.91 Å². The third-order valence-electron chi connectivity index (χ3n) is 5.69. The fourth-order valence-corrected chi connectivity index (χ4v) is 5.36. The van der Waals surface area contributed by atoms with Gasteiger partial charge in [-0.1, -0.05) is 13.0 Å². The van der Waals surface area contributed by atoms with Crippen molar-refractivity contribution in [2.45, 2.75) is 24.8 Å². The van der Waals surface area contributed by atoms with Crippen molar-refractivity contribution in [3.8, 4) is 28.7 Å². The monoisotopic (exact) mass is 504 g/mol. The molecule has 1 aliphatic rings. The molecule has 2 unspecified atom stereocenters. The molecule has 0 aliphatic carbocycles. The second-order valence-electron chi connectivity index (χ2n) is 7.73. The van der Waals surface area contributed by atoms with Gasteiger partial charge in [-0.15, -0.1) is 11.8 Å². The molecule has 190 valence electrons. The van der Waals surface area contributed by atoms with Crippen molar-refractivity contribution in [3.05, 3.63) is 41.5 Å². The van der Waals surface area contributed by atoms with Crippen molar-refractivity contribution < 1.29 is 33.3 Å². The van der Waals surface area contributed by atoms with E-state index in [0.717, 1.165) is 12.0 Å². The maximum atomic E-state index is 14.0. The molecule has 1 fully saturated rings. The van der Waals surface area contributed by atoms with Gasteiger partial charge in [0.2, 0.25) is 11.7 Å². The molecule has 2 aromatic carbocycles.